The molecule has 0 fully saturated rings. The molecule has 3 rings (SSSR count). The van der Waals surface area contributed by atoms with Gasteiger partial charge in [-0.25, -0.2) is 4.98 Å². The molecule has 1 atom stereocenters. The molecule has 0 saturated carbocycles. The Balaban J connectivity index is 1.92. The fourth-order valence-electron chi connectivity index (χ4n) is 2.69. The number of hydrogen-bond acceptors (Lipinski definition) is 4. The molecule has 1 aliphatic heterocycles. The smallest absolute Gasteiger partial charge is 0.367 e. The molecule has 0 aliphatic carbocycles. The van der Waals surface area contributed by atoms with E-state index in [-0.39, 0.29) is 11.6 Å². The lowest BCUT2D eigenvalue weighted by Gasteiger charge is -2.31. The highest BCUT2D eigenvalue weighted by atomic mass is 32.2. The summed E-state index contributed by atoms with van der Waals surface area (Å²) in [7, 11) is 1.76. The summed E-state index contributed by atoms with van der Waals surface area (Å²) >= 11 is 1.72. The Bertz CT molecular complexity index is 821. The van der Waals surface area contributed by atoms with E-state index in [0.717, 1.165) is 23.3 Å². The van der Waals surface area contributed by atoms with Crippen molar-refractivity contribution >= 4 is 23.1 Å². The molecule has 1 aromatic heterocycles. The van der Waals surface area contributed by atoms with Gasteiger partial charge in [0.15, 0.2) is 0 Å². The highest BCUT2D eigenvalue weighted by Gasteiger charge is 2.34. The third kappa shape index (κ3) is 3.66. The summed E-state index contributed by atoms with van der Waals surface area (Å²) in [6.45, 7) is 0. The molecule has 0 N–H and O–H groups in total. The van der Waals surface area contributed by atoms with E-state index < -0.39 is 11.7 Å². The maximum Gasteiger partial charge on any atom is 0.417 e. The molecule has 130 valence electrons. The summed E-state index contributed by atoms with van der Waals surface area (Å²) < 4.78 is 41.4. The Morgan fingerprint density at radius 1 is 1.40 bits per heavy atom. The van der Waals surface area contributed by atoms with Crippen molar-refractivity contribution in [2.24, 2.45) is 0 Å². The largest absolute Gasteiger partial charge is 0.417 e. The van der Waals surface area contributed by atoms with Crippen LogP contribution in [-0.2, 0) is 6.18 Å². The number of benzene rings is 1. The highest BCUT2D eigenvalue weighted by molar-refractivity contribution is 7.99. The number of nitriles is 1. The van der Waals surface area contributed by atoms with Gasteiger partial charge in [-0.2, -0.15) is 30.2 Å². The molecule has 1 aliphatic rings. The first kappa shape index (κ1) is 17.4. The highest BCUT2D eigenvalue weighted by Crippen LogP contribution is 2.35. The fraction of sp³-hybridized carbons (Fsp3) is 0.294. The molecule has 8 heteroatoms. The lowest BCUT2D eigenvalue weighted by Crippen LogP contribution is -2.34. The van der Waals surface area contributed by atoms with Crippen molar-refractivity contribution in [2.75, 3.05) is 23.5 Å². The molecule has 25 heavy (non-hydrogen) atoms. The van der Waals surface area contributed by atoms with E-state index in [2.05, 4.69) is 4.98 Å². The van der Waals surface area contributed by atoms with E-state index in [9.17, 15) is 13.2 Å². The average molecular weight is 364 g/mol. The molecule has 0 amide bonds. The van der Waals surface area contributed by atoms with Crippen LogP contribution in [-0.4, -0.2) is 34.1 Å². The molecule has 1 aromatic carbocycles. The van der Waals surface area contributed by atoms with Crippen molar-refractivity contribution in [3.8, 4) is 6.07 Å². The number of hydrogen-bond donors (Lipinski definition) is 0. The van der Waals surface area contributed by atoms with E-state index in [1.807, 2.05) is 16.8 Å². The number of rotatable bonds is 3. The van der Waals surface area contributed by atoms with E-state index in [4.69, 9.17) is 5.26 Å². The number of anilines is 1. The maximum absolute atomic E-state index is 13.2. The Morgan fingerprint density at radius 2 is 2.20 bits per heavy atom. The van der Waals surface area contributed by atoms with Crippen LogP contribution in [0.4, 0.5) is 18.9 Å². The second kappa shape index (κ2) is 6.84. The summed E-state index contributed by atoms with van der Waals surface area (Å²) in [4.78, 5) is 5.83. The zero-order chi connectivity index (χ0) is 18.0. The normalized spacial score (nSPS) is 17.7. The summed E-state index contributed by atoms with van der Waals surface area (Å²) in [6.07, 6.45) is 2.73. The third-order valence-corrected chi connectivity index (χ3v) is 5.17. The SMILES string of the molecule is CN(c1ccc(C#N)c(C(F)(F)F)c1)C1C=C(n2ccnc2)CSC1. The van der Waals surface area contributed by atoms with E-state index in [1.165, 1.54) is 6.07 Å². The molecule has 4 nitrogen and oxygen atoms in total. The monoisotopic (exact) mass is 364 g/mol. The van der Waals surface area contributed by atoms with Crippen molar-refractivity contribution in [2.45, 2.75) is 12.2 Å². The minimum Gasteiger partial charge on any atom is -0.367 e. The van der Waals surface area contributed by atoms with Crippen LogP contribution in [0.2, 0.25) is 0 Å². The summed E-state index contributed by atoms with van der Waals surface area (Å²) in [5, 5.41) is 8.92. The topological polar surface area (TPSA) is 44.9 Å². The van der Waals surface area contributed by atoms with Crippen molar-refractivity contribution in [1.29, 1.82) is 5.26 Å². The minimum atomic E-state index is -4.55. The van der Waals surface area contributed by atoms with Gasteiger partial charge in [-0.05, 0) is 24.3 Å². The van der Waals surface area contributed by atoms with Crippen molar-refractivity contribution < 1.29 is 13.2 Å². The van der Waals surface area contributed by atoms with Crippen molar-refractivity contribution in [1.82, 2.24) is 9.55 Å². The van der Waals surface area contributed by atoms with Gasteiger partial charge in [-0.15, -0.1) is 0 Å². The van der Waals surface area contributed by atoms with E-state index >= 15 is 0 Å². The first-order valence-corrected chi connectivity index (χ1v) is 8.66. The van der Waals surface area contributed by atoms with Crippen LogP contribution < -0.4 is 4.90 Å². The maximum atomic E-state index is 13.2. The third-order valence-electron chi connectivity index (χ3n) is 4.09. The predicted octanol–water partition coefficient (Wildman–Crippen LogP) is 3.87. The molecule has 2 aromatic rings. The number of thioether (sulfide) groups is 1. The molecular weight excluding hydrogens is 349 g/mol. The predicted molar refractivity (Wildman–Crippen MR) is 92.2 cm³/mol. The number of aromatic nitrogens is 2. The first-order valence-electron chi connectivity index (χ1n) is 7.51. The zero-order valence-electron chi connectivity index (χ0n) is 13.4. The van der Waals surface area contributed by atoms with Crippen LogP contribution in [0.3, 0.4) is 0 Å². The summed E-state index contributed by atoms with van der Waals surface area (Å²) in [5.74, 6) is 1.60. The Kier molecular flexibility index (Phi) is 4.77. The molecular formula is C17H15F3N4S. The Labute approximate surface area is 147 Å². The van der Waals surface area contributed by atoms with Crippen molar-refractivity contribution in [3.05, 3.63) is 54.1 Å². The van der Waals surface area contributed by atoms with Crippen LogP contribution in [0.15, 0.2) is 43.0 Å². The summed E-state index contributed by atoms with van der Waals surface area (Å²) in [6, 6.07) is 5.38. The molecule has 0 saturated heterocycles. The number of alkyl halides is 3. The van der Waals surface area contributed by atoms with Crippen molar-refractivity contribution in [3.63, 3.8) is 0 Å². The first-order chi connectivity index (χ1) is 11.9. The van der Waals surface area contributed by atoms with Gasteiger partial charge in [0, 0.05) is 42.3 Å². The van der Waals surface area contributed by atoms with Crippen LogP contribution in [0.1, 0.15) is 11.1 Å². The second-order valence-electron chi connectivity index (χ2n) is 5.66. The number of imidazole rings is 1. The molecule has 0 spiro atoms. The zero-order valence-corrected chi connectivity index (χ0v) is 14.2. The number of nitrogens with zero attached hydrogens (tertiary/aromatic N) is 4. The molecule has 0 radical (unpaired) electrons. The number of halogens is 3. The van der Waals surface area contributed by atoms with Crippen LogP contribution in [0, 0.1) is 11.3 Å². The second-order valence-corrected chi connectivity index (χ2v) is 6.69. The van der Waals surface area contributed by atoms with E-state index in [0.29, 0.717) is 5.69 Å². The van der Waals surface area contributed by atoms with Gasteiger partial charge in [-0.1, -0.05) is 0 Å². The molecule has 0 bridgehead atoms. The van der Waals surface area contributed by atoms with E-state index in [1.54, 1.807) is 48.4 Å². The molecule has 2 heterocycles. The van der Waals surface area contributed by atoms with Gasteiger partial charge in [-0.3, -0.25) is 0 Å². The van der Waals surface area contributed by atoms with Crippen LogP contribution >= 0.6 is 11.8 Å². The fourth-order valence-corrected chi connectivity index (χ4v) is 3.82. The Morgan fingerprint density at radius 3 is 2.84 bits per heavy atom. The minimum absolute atomic E-state index is 0.0508. The van der Waals surface area contributed by atoms with Gasteiger partial charge >= 0.3 is 6.18 Å². The van der Waals surface area contributed by atoms with Crippen LogP contribution in [0.25, 0.3) is 5.70 Å². The summed E-state index contributed by atoms with van der Waals surface area (Å²) in [5.41, 5.74) is 0.217. The van der Waals surface area contributed by atoms with Gasteiger partial charge in [0.2, 0.25) is 0 Å². The quantitative estimate of drug-likeness (QED) is 0.829. The standard InChI is InChI=1S/C17H15F3N4S/c1-23(13-3-2-12(8-21)16(7-13)17(18,19)20)14-6-15(10-25-9-14)24-5-4-22-11-24/h2-7,11,14H,9-10H2,1H3. The Hall–Kier alpha value is -2.40. The lowest BCUT2D eigenvalue weighted by molar-refractivity contribution is -0.137. The lowest BCUT2D eigenvalue weighted by atomic mass is 10.1. The number of likely N-dealkylation sites (N-methyl/N-ethyl adjacent to an activating group) is 1. The molecule has 1 unspecified atom stereocenters. The van der Waals surface area contributed by atoms with Gasteiger partial charge in [0.25, 0.3) is 0 Å². The van der Waals surface area contributed by atoms with Gasteiger partial charge < -0.3 is 9.47 Å². The van der Waals surface area contributed by atoms with Crippen LogP contribution in [0.5, 0.6) is 0 Å². The van der Waals surface area contributed by atoms with Gasteiger partial charge in [0.1, 0.15) is 0 Å². The average Bonchev–Trinajstić information content (AvgIpc) is 3.14. The van der Waals surface area contributed by atoms with Gasteiger partial charge in [0.05, 0.1) is 29.6 Å².